The van der Waals surface area contributed by atoms with E-state index < -0.39 is 10.0 Å². The Kier molecular flexibility index (Phi) is 4.73. The highest BCUT2D eigenvalue weighted by Gasteiger charge is 2.46. The van der Waals surface area contributed by atoms with Crippen LogP contribution in [0.4, 0.5) is 4.39 Å². The van der Waals surface area contributed by atoms with Gasteiger partial charge in [-0.05, 0) is 36.5 Å². The van der Waals surface area contributed by atoms with Crippen LogP contribution in [0.25, 0.3) is 0 Å². The molecule has 0 aromatic heterocycles. The highest BCUT2D eigenvalue weighted by molar-refractivity contribution is 7.88. The standard InChI is InChI=1S/C16H23FN2O3S/c1-23(20,21)18-8-14-6-7-16(22-10-14)11-19(12-16)9-13-2-4-15(17)5-3-13/h2-5,14,18H,6-12H2,1H3/t14-/m1/s1. The second-order valence-electron chi connectivity index (χ2n) is 6.79. The lowest BCUT2D eigenvalue weighted by molar-refractivity contribution is -0.181. The van der Waals surface area contributed by atoms with Gasteiger partial charge in [0.25, 0.3) is 0 Å². The molecule has 0 aliphatic carbocycles. The number of hydrogen-bond donors (Lipinski definition) is 1. The van der Waals surface area contributed by atoms with Crippen molar-refractivity contribution >= 4 is 10.0 Å². The molecule has 2 aliphatic heterocycles. The summed E-state index contributed by atoms with van der Waals surface area (Å²) in [7, 11) is -3.13. The van der Waals surface area contributed by atoms with Gasteiger partial charge in [0.1, 0.15) is 5.82 Å². The topological polar surface area (TPSA) is 58.6 Å². The number of ether oxygens (including phenoxy) is 1. The number of nitrogens with zero attached hydrogens (tertiary/aromatic N) is 1. The van der Waals surface area contributed by atoms with E-state index in [9.17, 15) is 12.8 Å². The van der Waals surface area contributed by atoms with E-state index in [1.54, 1.807) is 0 Å². The van der Waals surface area contributed by atoms with Crippen molar-refractivity contribution in [2.45, 2.75) is 25.0 Å². The molecule has 0 bridgehead atoms. The number of halogens is 1. The molecule has 2 fully saturated rings. The molecule has 3 rings (SSSR count). The number of hydrogen-bond acceptors (Lipinski definition) is 4. The Morgan fingerprint density at radius 2 is 2.04 bits per heavy atom. The van der Waals surface area contributed by atoms with Gasteiger partial charge in [-0.3, -0.25) is 4.90 Å². The third-order valence-electron chi connectivity index (χ3n) is 4.61. The van der Waals surface area contributed by atoms with E-state index in [1.165, 1.54) is 18.4 Å². The van der Waals surface area contributed by atoms with Crippen LogP contribution in [-0.4, -0.2) is 51.4 Å². The number of likely N-dealkylation sites (tertiary alicyclic amines) is 1. The number of benzene rings is 1. The maximum Gasteiger partial charge on any atom is 0.208 e. The fraction of sp³-hybridized carbons (Fsp3) is 0.625. The Balaban J connectivity index is 1.42. The molecule has 0 unspecified atom stereocenters. The highest BCUT2D eigenvalue weighted by Crippen LogP contribution is 2.36. The van der Waals surface area contributed by atoms with E-state index in [0.717, 1.165) is 38.0 Å². The summed E-state index contributed by atoms with van der Waals surface area (Å²) in [6, 6.07) is 6.60. The van der Waals surface area contributed by atoms with Crippen LogP contribution in [0.1, 0.15) is 18.4 Å². The lowest BCUT2D eigenvalue weighted by Gasteiger charge is -2.53. The Bertz CT molecular complexity index is 632. The number of sulfonamides is 1. The van der Waals surface area contributed by atoms with Gasteiger partial charge in [0.2, 0.25) is 10.0 Å². The summed E-state index contributed by atoms with van der Waals surface area (Å²) in [5.74, 6) is 0.0414. The molecule has 0 amide bonds. The largest absolute Gasteiger partial charge is 0.372 e. The van der Waals surface area contributed by atoms with E-state index in [2.05, 4.69) is 9.62 Å². The van der Waals surface area contributed by atoms with E-state index >= 15 is 0 Å². The zero-order valence-corrected chi connectivity index (χ0v) is 14.1. The fourth-order valence-electron chi connectivity index (χ4n) is 3.33. The zero-order chi connectivity index (χ0) is 16.5. The van der Waals surface area contributed by atoms with Crippen molar-refractivity contribution in [2.24, 2.45) is 5.92 Å². The lowest BCUT2D eigenvalue weighted by atomic mass is 9.83. The number of nitrogens with one attached hydrogen (secondary N) is 1. The molecular formula is C16H23FN2O3S. The molecule has 2 heterocycles. The van der Waals surface area contributed by atoms with Crippen molar-refractivity contribution in [3.05, 3.63) is 35.6 Å². The van der Waals surface area contributed by atoms with Gasteiger partial charge in [0, 0.05) is 26.2 Å². The third kappa shape index (κ3) is 4.50. The van der Waals surface area contributed by atoms with Gasteiger partial charge < -0.3 is 4.74 Å². The first-order valence-corrected chi connectivity index (χ1v) is 9.78. The molecule has 2 aliphatic rings. The van der Waals surface area contributed by atoms with Crippen molar-refractivity contribution < 1.29 is 17.5 Å². The molecule has 0 saturated carbocycles. The first-order valence-electron chi connectivity index (χ1n) is 7.89. The van der Waals surface area contributed by atoms with Crippen LogP contribution in [0, 0.1) is 11.7 Å². The third-order valence-corrected chi connectivity index (χ3v) is 5.30. The minimum Gasteiger partial charge on any atom is -0.372 e. The van der Waals surface area contributed by atoms with Crippen LogP contribution in [0.2, 0.25) is 0 Å². The van der Waals surface area contributed by atoms with Gasteiger partial charge in [-0.15, -0.1) is 0 Å². The predicted molar refractivity (Wildman–Crippen MR) is 85.9 cm³/mol. The van der Waals surface area contributed by atoms with Crippen LogP contribution >= 0.6 is 0 Å². The minimum atomic E-state index is -3.13. The van der Waals surface area contributed by atoms with E-state index in [4.69, 9.17) is 4.74 Å². The van der Waals surface area contributed by atoms with Crippen LogP contribution in [-0.2, 0) is 21.3 Å². The molecule has 128 valence electrons. The number of rotatable bonds is 5. The fourth-order valence-corrected chi connectivity index (χ4v) is 3.86. The smallest absolute Gasteiger partial charge is 0.208 e. The van der Waals surface area contributed by atoms with Crippen LogP contribution < -0.4 is 4.72 Å². The highest BCUT2D eigenvalue weighted by atomic mass is 32.2. The Hall–Kier alpha value is -1.02. The normalized spacial score (nSPS) is 24.5. The first kappa shape index (κ1) is 16.8. The van der Waals surface area contributed by atoms with E-state index in [-0.39, 0.29) is 17.3 Å². The first-order chi connectivity index (χ1) is 10.8. The average molecular weight is 342 g/mol. The summed E-state index contributed by atoms with van der Waals surface area (Å²) in [5.41, 5.74) is 1.04. The maximum absolute atomic E-state index is 12.9. The molecule has 1 N–H and O–H groups in total. The van der Waals surface area contributed by atoms with Crippen molar-refractivity contribution in [3.63, 3.8) is 0 Å². The zero-order valence-electron chi connectivity index (χ0n) is 13.3. The maximum atomic E-state index is 12.9. The SMILES string of the molecule is CS(=O)(=O)NC[C@H]1CCC2(CN(Cc3ccc(F)cc3)C2)OC1. The molecule has 23 heavy (non-hydrogen) atoms. The van der Waals surface area contributed by atoms with Gasteiger partial charge in [0.15, 0.2) is 0 Å². The van der Waals surface area contributed by atoms with Gasteiger partial charge in [-0.25, -0.2) is 17.5 Å². The van der Waals surface area contributed by atoms with Crippen LogP contribution in [0.3, 0.4) is 0 Å². The second kappa shape index (κ2) is 6.47. The van der Waals surface area contributed by atoms with Crippen molar-refractivity contribution in [2.75, 3.05) is 32.5 Å². The summed E-state index contributed by atoms with van der Waals surface area (Å²) in [6.07, 6.45) is 3.12. The quantitative estimate of drug-likeness (QED) is 0.878. The second-order valence-corrected chi connectivity index (χ2v) is 8.62. The molecular weight excluding hydrogens is 319 g/mol. The summed E-state index contributed by atoms with van der Waals surface area (Å²) in [5, 5.41) is 0. The van der Waals surface area contributed by atoms with Crippen LogP contribution in [0.15, 0.2) is 24.3 Å². The van der Waals surface area contributed by atoms with Crippen molar-refractivity contribution in [1.82, 2.24) is 9.62 Å². The Morgan fingerprint density at radius 3 is 2.61 bits per heavy atom. The van der Waals surface area contributed by atoms with Crippen molar-refractivity contribution in [1.29, 1.82) is 0 Å². The molecule has 0 radical (unpaired) electrons. The van der Waals surface area contributed by atoms with E-state index in [0.29, 0.717) is 13.2 Å². The Morgan fingerprint density at radius 1 is 1.35 bits per heavy atom. The minimum absolute atomic E-state index is 0.0678. The van der Waals surface area contributed by atoms with Crippen molar-refractivity contribution in [3.8, 4) is 0 Å². The van der Waals surface area contributed by atoms with Gasteiger partial charge in [0.05, 0.1) is 18.5 Å². The van der Waals surface area contributed by atoms with Gasteiger partial charge >= 0.3 is 0 Å². The Labute approximate surface area is 136 Å². The molecule has 1 spiro atoms. The summed E-state index contributed by atoms with van der Waals surface area (Å²) in [4.78, 5) is 2.29. The summed E-state index contributed by atoms with van der Waals surface area (Å²) < 4.78 is 43.7. The predicted octanol–water partition coefficient (Wildman–Crippen LogP) is 1.36. The molecule has 1 aromatic rings. The molecule has 7 heteroatoms. The molecule has 1 aromatic carbocycles. The molecule has 2 saturated heterocycles. The monoisotopic (exact) mass is 342 g/mol. The summed E-state index contributed by atoms with van der Waals surface area (Å²) in [6.45, 7) is 3.64. The summed E-state index contributed by atoms with van der Waals surface area (Å²) >= 11 is 0. The van der Waals surface area contributed by atoms with Gasteiger partial charge in [-0.2, -0.15) is 0 Å². The molecule has 5 nitrogen and oxygen atoms in total. The molecule has 1 atom stereocenters. The lowest BCUT2D eigenvalue weighted by Crippen LogP contribution is -2.64. The van der Waals surface area contributed by atoms with Crippen LogP contribution in [0.5, 0.6) is 0 Å². The average Bonchev–Trinajstić information content (AvgIpc) is 2.46. The van der Waals surface area contributed by atoms with Gasteiger partial charge in [-0.1, -0.05) is 12.1 Å². The van der Waals surface area contributed by atoms with E-state index in [1.807, 2.05) is 12.1 Å².